The summed E-state index contributed by atoms with van der Waals surface area (Å²) in [5.41, 5.74) is 3.64. The Balaban J connectivity index is 1.42. The van der Waals surface area contributed by atoms with Crippen LogP contribution in [0.3, 0.4) is 0 Å². The predicted octanol–water partition coefficient (Wildman–Crippen LogP) is 2.63. The highest BCUT2D eigenvalue weighted by Crippen LogP contribution is 2.34. The third kappa shape index (κ3) is 3.97. The molecule has 7 nitrogen and oxygen atoms in total. The van der Waals surface area contributed by atoms with Gasteiger partial charge in [0.05, 0.1) is 4.90 Å². The van der Waals surface area contributed by atoms with Crippen LogP contribution in [0.4, 0.5) is 11.4 Å². The highest BCUT2D eigenvalue weighted by Gasteiger charge is 2.32. The maximum atomic E-state index is 12.8. The molecule has 2 aliphatic heterocycles. The zero-order chi connectivity index (χ0) is 22.3. The van der Waals surface area contributed by atoms with E-state index in [1.165, 1.54) is 13.0 Å². The van der Waals surface area contributed by atoms with Crippen LogP contribution in [0, 0.1) is 0 Å². The summed E-state index contributed by atoms with van der Waals surface area (Å²) in [6.07, 6.45) is 1.50. The van der Waals surface area contributed by atoms with Crippen LogP contribution in [0.2, 0.25) is 0 Å². The predicted molar refractivity (Wildman–Crippen MR) is 120 cm³/mol. The molecule has 4 rings (SSSR count). The molecule has 0 aromatic heterocycles. The number of amides is 2. The van der Waals surface area contributed by atoms with Crippen molar-refractivity contribution in [2.75, 3.05) is 16.3 Å². The number of nitrogens with one attached hydrogen (secondary N) is 1. The van der Waals surface area contributed by atoms with Gasteiger partial charge in [-0.3, -0.25) is 9.59 Å². The van der Waals surface area contributed by atoms with E-state index in [4.69, 9.17) is 0 Å². The van der Waals surface area contributed by atoms with E-state index in [1.807, 2.05) is 38.1 Å². The van der Waals surface area contributed by atoms with E-state index >= 15 is 0 Å². The fraction of sp³-hybridized carbons (Fsp3) is 0.391. The Bertz CT molecular complexity index is 1150. The van der Waals surface area contributed by atoms with Crippen molar-refractivity contribution < 1.29 is 18.0 Å². The first-order valence-electron chi connectivity index (χ1n) is 10.5. The summed E-state index contributed by atoms with van der Waals surface area (Å²) in [4.78, 5) is 28.3. The highest BCUT2D eigenvalue weighted by molar-refractivity contribution is 7.89. The minimum absolute atomic E-state index is 0.00126. The Morgan fingerprint density at radius 2 is 1.61 bits per heavy atom. The molecule has 0 spiro atoms. The summed E-state index contributed by atoms with van der Waals surface area (Å²) in [6, 6.07) is 12.7. The van der Waals surface area contributed by atoms with E-state index < -0.39 is 10.0 Å². The van der Waals surface area contributed by atoms with E-state index in [0.717, 1.165) is 28.9 Å². The summed E-state index contributed by atoms with van der Waals surface area (Å²) >= 11 is 0. The summed E-state index contributed by atoms with van der Waals surface area (Å²) < 4.78 is 28.1. The molecular formula is C23H27N3O4S. The lowest BCUT2D eigenvalue weighted by Gasteiger charge is -2.23. The van der Waals surface area contributed by atoms with E-state index in [-0.39, 0.29) is 41.8 Å². The molecule has 31 heavy (non-hydrogen) atoms. The summed E-state index contributed by atoms with van der Waals surface area (Å²) in [5, 5.41) is 0. The second-order valence-corrected chi connectivity index (χ2v) is 10.1. The minimum atomic E-state index is -3.75. The Morgan fingerprint density at radius 3 is 2.35 bits per heavy atom. The quantitative estimate of drug-likeness (QED) is 0.773. The summed E-state index contributed by atoms with van der Waals surface area (Å²) in [6.45, 7) is 5.48. The Labute approximate surface area is 183 Å². The largest absolute Gasteiger partial charge is 0.309 e. The smallest absolute Gasteiger partial charge is 0.240 e. The third-order valence-electron chi connectivity index (χ3n) is 6.02. The molecule has 1 N–H and O–H groups in total. The lowest BCUT2D eigenvalue weighted by Crippen LogP contribution is -2.38. The van der Waals surface area contributed by atoms with Crippen molar-refractivity contribution in [1.82, 2.24) is 4.72 Å². The van der Waals surface area contributed by atoms with Crippen LogP contribution in [0.5, 0.6) is 0 Å². The molecule has 2 amide bonds. The first kappa shape index (κ1) is 21.5. The fourth-order valence-corrected chi connectivity index (χ4v) is 5.78. The van der Waals surface area contributed by atoms with Gasteiger partial charge in [0.15, 0.2) is 0 Å². The molecule has 0 saturated carbocycles. The average Bonchev–Trinajstić information content (AvgIpc) is 3.22. The minimum Gasteiger partial charge on any atom is -0.309 e. The normalized spacial score (nSPS) is 20.0. The van der Waals surface area contributed by atoms with Crippen molar-refractivity contribution in [3.63, 3.8) is 0 Å². The van der Waals surface area contributed by atoms with Gasteiger partial charge in [0.2, 0.25) is 21.8 Å². The van der Waals surface area contributed by atoms with Gasteiger partial charge in [-0.25, -0.2) is 13.1 Å². The molecule has 0 saturated heterocycles. The SMILES string of the molecule is CC(=O)N1c2ccc(S(=O)(=O)NCCC(=O)N3c4ccccc4C[C@H]3C)cc2C[C@@H]1C. The molecule has 2 aliphatic rings. The van der Waals surface area contributed by atoms with Crippen LogP contribution in [0.1, 0.15) is 38.3 Å². The van der Waals surface area contributed by atoms with Crippen LogP contribution in [0.15, 0.2) is 47.4 Å². The van der Waals surface area contributed by atoms with Crippen molar-refractivity contribution in [2.45, 2.75) is 57.0 Å². The molecule has 2 aromatic carbocycles. The number of carbonyl (C=O) groups is 2. The van der Waals surface area contributed by atoms with Gasteiger partial charge in [-0.05, 0) is 62.1 Å². The zero-order valence-corrected chi connectivity index (χ0v) is 18.8. The molecule has 2 heterocycles. The van der Waals surface area contributed by atoms with Crippen molar-refractivity contribution >= 4 is 33.2 Å². The van der Waals surface area contributed by atoms with Crippen molar-refractivity contribution in [3.05, 3.63) is 53.6 Å². The van der Waals surface area contributed by atoms with Gasteiger partial charge in [-0.15, -0.1) is 0 Å². The van der Waals surface area contributed by atoms with Gasteiger partial charge in [0, 0.05) is 43.3 Å². The van der Waals surface area contributed by atoms with Crippen LogP contribution in [0.25, 0.3) is 0 Å². The topological polar surface area (TPSA) is 86.8 Å². The molecule has 0 radical (unpaired) electrons. The Hall–Kier alpha value is -2.71. The second kappa shape index (κ2) is 8.09. The van der Waals surface area contributed by atoms with Crippen LogP contribution >= 0.6 is 0 Å². The molecule has 0 bridgehead atoms. The molecule has 8 heteroatoms. The Morgan fingerprint density at radius 1 is 0.968 bits per heavy atom. The van der Waals surface area contributed by atoms with E-state index in [2.05, 4.69) is 4.72 Å². The Kier molecular flexibility index (Phi) is 5.61. The number of hydrogen-bond acceptors (Lipinski definition) is 4. The number of hydrogen-bond donors (Lipinski definition) is 1. The highest BCUT2D eigenvalue weighted by atomic mass is 32.2. The average molecular weight is 442 g/mol. The lowest BCUT2D eigenvalue weighted by molar-refractivity contribution is -0.119. The number of carbonyl (C=O) groups excluding carboxylic acids is 2. The van der Waals surface area contributed by atoms with Crippen molar-refractivity contribution in [3.8, 4) is 0 Å². The molecule has 0 unspecified atom stereocenters. The lowest BCUT2D eigenvalue weighted by atomic mass is 10.1. The molecule has 164 valence electrons. The number of para-hydroxylation sites is 1. The monoisotopic (exact) mass is 441 g/mol. The summed E-state index contributed by atoms with van der Waals surface area (Å²) in [5.74, 6) is -0.156. The molecular weight excluding hydrogens is 414 g/mol. The number of anilines is 2. The first-order valence-corrected chi connectivity index (χ1v) is 12.0. The zero-order valence-electron chi connectivity index (χ0n) is 18.0. The number of sulfonamides is 1. The summed E-state index contributed by atoms with van der Waals surface area (Å²) in [7, 11) is -3.75. The van der Waals surface area contributed by atoms with Gasteiger partial charge in [0.1, 0.15) is 0 Å². The molecule has 0 aliphatic carbocycles. The maximum Gasteiger partial charge on any atom is 0.240 e. The van der Waals surface area contributed by atoms with E-state index in [9.17, 15) is 18.0 Å². The van der Waals surface area contributed by atoms with Gasteiger partial charge >= 0.3 is 0 Å². The van der Waals surface area contributed by atoms with Crippen molar-refractivity contribution in [1.29, 1.82) is 0 Å². The van der Waals surface area contributed by atoms with Crippen LogP contribution in [-0.4, -0.2) is 38.9 Å². The van der Waals surface area contributed by atoms with Gasteiger partial charge in [0.25, 0.3) is 0 Å². The maximum absolute atomic E-state index is 12.8. The first-order chi connectivity index (χ1) is 14.7. The van der Waals surface area contributed by atoms with E-state index in [1.54, 1.807) is 21.9 Å². The van der Waals surface area contributed by atoms with Crippen LogP contribution < -0.4 is 14.5 Å². The number of fused-ring (bicyclic) bond motifs is 2. The van der Waals surface area contributed by atoms with E-state index in [0.29, 0.717) is 6.42 Å². The molecule has 2 aromatic rings. The number of rotatable bonds is 5. The van der Waals surface area contributed by atoms with Crippen molar-refractivity contribution in [2.24, 2.45) is 0 Å². The van der Waals surface area contributed by atoms with Crippen LogP contribution in [-0.2, 0) is 32.5 Å². The van der Waals surface area contributed by atoms with Gasteiger partial charge in [-0.1, -0.05) is 18.2 Å². The second-order valence-electron chi connectivity index (χ2n) is 8.33. The third-order valence-corrected chi connectivity index (χ3v) is 7.48. The number of benzene rings is 2. The molecule has 2 atom stereocenters. The fourth-order valence-electron chi connectivity index (χ4n) is 4.70. The van der Waals surface area contributed by atoms with Gasteiger partial charge < -0.3 is 9.80 Å². The number of nitrogens with zero attached hydrogens (tertiary/aromatic N) is 2. The standard InChI is InChI=1S/C23H27N3O4S/c1-15-13-19-14-20(8-9-22(19)25(15)17(3)27)31(29,30)24-11-10-23(28)26-16(2)12-18-6-4-5-7-21(18)26/h4-9,14-16,24H,10-13H2,1-3H3/t15-,16+/m0/s1. The van der Waals surface area contributed by atoms with Gasteiger partial charge in [-0.2, -0.15) is 0 Å². The molecule has 0 fully saturated rings.